The van der Waals surface area contributed by atoms with Gasteiger partial charge in [-0.15, -0.1) is 0 Å². The maximum Gasteiger partial charge on any atom is 0.115 e. The highest BCUT2D eigenvalue weighted by Crippen LogP contribution is 2.17. The summed E-state index contributed by atoms with van der Waals surface area (Å²) in [6, 6.07) is 15.5. The standard InChI is InChI=1S/C16H17N3O/c1-19-16-5-3-2-4-14(16)15(18-19)11-17-10-12-6-8-13(20)9-7-12/h2-9,17,20H,10-11H2,1H3. The number of aromatic hydroxyl groups is 1. The fourth-order valence-electron chi connectivity index (χ4n) is 2.36. The number of nitrogens with zero attached hydrogens (tertiary/aromatic N) is 2. The van der Waals surface area contributed by atoms with Gasteiger partial charge in [-0.1, -0.05) is 30.3 Å². The Balaban J connectivity index is 1.70. The molecule has 0 aliphatic carbocycles. The summed E-state index contributed by atoms with van der Waals surface area (Å²) in [6.07, 6.45) is 0. The van der Waals surface area contributed by atoms with Crippen molar-refractivity contribution in [3.8, 4) is 5.75 Å². The highest BCUT2D eigenvalue weighted by molar-refractivity contribution is 5.81. The Morgan fingerprint density at radius 2 is 1.80 bits per heavy atom. The lowest BCUT2D eigenvalue weighted by Crippen LogP contribution is -2.13. The van der Waals surface area contributed by atoms with Gasteiger partial charge in [0.25, 0.3) is 0 Å². The lowest BCUT2D eigenvalue weighted by atomic mass is 10.2. The van der Waals surface area contributed by atoms with Crippen LogP contribution in [-0.2, 0) is 20.1 Å². The van der Waals surface area contributed by atoms with Gasteiger partial charge in [-0.05, 0) is 23.8 Å². The normalized spacial score (nSPS) is 11.1. The van der Waals surface area contributed by atoms with Gasteiger partial charge in [0, 0.05) is 25.5 Å². The van der Waals surface area contributed by atoms with E-state index in [1.165, 1.54) is 5.39 Å². The Labute approximate surface area is 117 Å². The van der Waals surface area contributed by atoms with E-state index in [0.717, 1.165) is 29.9 Å². The van der Waals surface area contributed by atoms with Crippen molar-refractivity contribution < 1.29 is 5.11 Å². The first-order valence-electron chi connectivity index (χ1n) is 6.63. The van der Waals surface area contributed by atoms with Crippen molar-refractivity contribution in [2.75, 3.05) is 0 Å². The molecule has 0 fully saturated rings. The van der Waals surface area contributed by atoms with Gasteiger partial charge in [-0.3, -0.25) is 4.68 Å². The minimum absolute atomic E-state index is 0.296. The summed E-state index contributed by atoms with van der Waals surface area (Å²) in [4.78, 5) is 0. The predicted octanol–water partition coefficient (Wildman–Crippen LogP) is 2.57. The molecule has 0 saturated carbocycles. The molecule has 2 N–H and O–H groups in total. The molecule has 0 saturated heterocycles. The largest absolute Gasteiger partial charge is 0.508 e. The molecule has 0 atom stereocenters. The highest BCUT2D eigenvalue weighted by Gasteiger charge is 2.06. The molecular formula is C16H17N3O. The number of phenols is 1. The molecular weight excluding hydrogens is 250 g/mol. The van der Waals surface area contributed by atoms with E-state index >= 15 is 0 Å². The Kier molecular flexibility index (Phi) is 3.39. The first kappa shape index (κ1) is 12.7. The van der Waals surface area contributed by atoms with Crippen LogP contribution in [0.3, 0.4) is 0 Å². The zero-order valence-corrected chi connectivity index (χ0v) is 11.4. The van der Waals surface area contributed by atoms with Gasteiger partial charge >= 0.3 is 0 Å². The Bertz CT molecular complexity index is 716. The first-order chi connectivity index (χ1) is 9.74. The Morgan fingerprint density at radius 3 is 2.60 bits per heavy atom. The third-order valence-electron chi connectivity index (χ3n) is 3.39. The second-order valence-corrected chi connectivity index (χ2v) is 4.86. The number of phenolic OH excluding ortho intramolecular Hbond substituents is 1. The van der Waals surface area contributed by atoms with E-state index in [1.807, 2.05) is 36.0 Å². The molecule has 102 valence electrons. The number of aryl methyl sites for hydroxylation is 1. The van der Waals surface area contributed by atoms with Crippen LogP contribution in [0.15, 0.2) is 48.5 Å². The van der Waals surface area contributed by atoms with Gasteiger partial charge in [0.2, 0.25) is 0 Å². The average molecular weight is 267 g/mol. The molecule has 2 aromatic carbocycles. The number of para-hydroxylation sites is 1. The number of hydrogen-bond acceptors (Lipinski definition) is 3. The molecule has 3 rings (SSSR count). The molecule has 4 nitrogen and oxygen atoms in total. The minimum atomic E-state index is 0.296. The fraction of sp³-hybridized carbons (Fsp3) is 0.188. The van der Waals surface area contributed by atoms with Gasteiger partial charge in [0.05, 0.1) is 11.2 Å². The van der Waals surface area contributed by atoms with Crippen molar-refractivity contribution in [2.24, 2.45) is 7.05 Å². The summed E-state index contributed by atoms with van der Waals surface area (Å²) in [5.74, 6) is 0.296. The van der Waals surface area contributed by atoms with Crippen LogP contribution >= 0.6 is 0 Å². The van der Waals surface area contributed by atoms with Crippen LogP contribution < -0.4 is 5.32 Å². The predicted molar refractivity (Wildman–Crippen MR) is 79.4 cm³/mol. The third kappa shape index (κ3) is 2.51. The van der Waals surface area contributed by atoms with E-state index in [-0.39, 0.29) is 0 Å². The molecule has 0 unspecified atom stereocenters. The Hall–Kier alpha value is -2.33. The zero-order valence-electron chi connectivity index (χ0n) is 11.4. The molecule has 1 aromatic heterocycles. The molecule has 0 bridgehead atoms. The molecule has 0 spiro atoms. The van der Waals surface area contributed by atoms with Crippen molar-refractivity contribution in [3.05, 3.63) is 59.8 Å². The summed E-state index contributed by atoms with van der Waals surface area (Å²) >= 11 is 0. The maximum atomic E-state index is 9.25. The zero-order chi connectivity index (χ0) is 13.9. The second kappa shape index (κ2) is 5.35. The number of rotatable bonds is 4. The minimum Gasteiger partial charge on any atom is -0.508 e. The quantitative estimate of drug-likeness (QED) is 0.764. The van der Waals surface area contributed by atoms with E-state index in [4.69, 9.17) is 0 Å². The van der Waals surface area contributed by atoms with E-state index in [9.17, 15) is 5.11 Å². The molecule has 3 aromatic rings. The smallest absolute Gasteiger partial charge is 0.115 e. The van der Waals surface area contributed by atoms with Crippen LogP contribution in [0.2, 0.25) is 0 Å². The number of benzene rings is 2. The SMILES string of the molecule is Cn1nc(CNCc2ccc(O)cc2)c2ccccc21. The van der Waals surface area contributed by atoms with Crippen molar-refractivity contribution in [2.45, 2.75) is 13.1 Å². The van der Waals surface area contributed by atoms with E-state index in [1.54, 1.807) is 12.1 Å². The van der Waals surface area contributed by atoms with Gasteiger partial charge in [-0.2, -0.15) is 5.10 Å². The van der Waals surface area contributed by atoms with Gasteiger partial charge in [0.15, 0.2) is 0 Å². The van der Waals surface area contributed by atoms with Crippen LogP contribution in [0.25, 0.3) is 10.9 Å². The van der Waals surface area contributed by atoms with Crippen LogP contribution in [0, 0.1) is 0 Å². The highest BCUT2D eigenvalue weighted by atomic mass is 16.3. The van der Waals surface area contributed by atoms with Crippen molar-refractivity contribution in [1.29, 1.82) is 0 Å². The lowest BCUT2D eigenvalue weighted by molar-refractivity contribution is 0.475. The van der Waals surface area contributed by atoms with E-state index in [0.29, 0.717) is 5.75 Å². The van der Waals surface area contributed by atoms with Crippen molar-refractivity contribution >= 4 is 10.9 Å². The molecule has 0 aliphatic heterocycles. The fourth-order valence-corrected chi connectivity index (χ4v) is 2.36. The van der Waals surface area contributed by atoms with E-state index in [2.05, 4.69) is 22.5 Å². The van der Waals surface area contributed by atoms with Crippen LogP contribution in [0.5, 0.6) is 5.75 Å². The number of fused-ring (bicyclic) bond motifs is 1. The molecule has 0 radical (unpaired) electrons. The number of aromatic nitrogens is 2. The lowest BCUT2D eigenvalue weighted by Gasteiger charge is -2.03. The topological polar surface area (TPSA) is 50.1 Å². The number of nitrogens with one attached hydrogen (secondary N) is 1. The monoisotopic (exact) mass is 267 g/mol. The summed E-state index contributed by atoms with van der Waals surface area (Å²) in [6.45, 7) is 1.48. The van der Waals surface area contributed by atoms with Crippen LogP contribution in [0.1, 0.15) is 11.3 Å². The molecule has 1 heterocycles. The average Bonchev–Trinajstić information content (AvgIpc) is 2.79. The van der Waals surface area contributed by atoms with Crippen LogP contribution in [0.4, 0.5) is 0 Å². The third-order valence-corrected chi connectivity index (χ3v) is 3.39. The molecule has 0 amide bonds. The van der Waals surface area contributed by atoms with Gasteiger partial charge in [0.1, 0.15) is 5.75 Å². The Morgan fingerprint density at radius 1 is 1.05 bits per heavy atom. The van der Waals surface area contributed by atoms with Crippen molar-refractivity contribution in [3.63, 3.8) is 0 Å². The molecule has 4 heteroatoms. The van der Waals surface area contributed by atoms with E-state index < -0.39 is 0 Å². The van der Waals surface area contributed by atoms with Gasteiger partial charge in [-0.25, -0.2) is 0 Å². The summed E-state index contributed by atoms with van der Waals surface area (Å²) < 4.78 is 1.91. The summed E-state index contributed by atoms with van der Waals surface area (Å²) in [5, 5.41) is 18.4. The summed E-state index contributed by atoms with van der Waals surface area (Å²) in [7, 11) is 1.96. The second-order valence-electron chi connectivity index (χ2n) is 4.86. The molecule has 20 heavy (non-hydrogen) atoms. The first-order valence-corrected chi connectivity index (χ1v) is 6.63. The van der Waals surface area contributed by atoms with Crippen molar-refractivity contribution in [1.82, 2.24) is 15.1 Å². The van der Waals surface area contributed by atoms with Gasteiger partial charge < -0.3 is 10.4 Å². The number of hydrogen-bond donors (Lipinski definition) is 2. The maximum absolute atomic E-state index is 9.25. The van der Waals surface area contributed by atoms with Crippen LogP contribution in [-0.4, -0.2) is 14.9 Å². The summed E-state index contributed by atoms with van der Waals surface area (Å²) in [5.41, 5.74) is 3.35. The molecule has 0 aliphatic rings.